The number of nitrogens with two attached hydrogens (primary N) is 1. The van der Waals surface area contributed by atoms with Crippen LogP contribution in [-0.2, 0) is 16.4 Å². The number of hydrogen-bond donors (Lipinski definition) is 4. The molecule has 9 heteroatoms. The number of rotatable bonds is 6. The molecule has 1 aromatic carbocycles. The summed E-state index contributed by atoms with van der Waals surface area (Å²) in [5.41, 5.74) is 3.55. The molecule has 0 amide bonds. The van der Waals surface area contributed by atoms with E-state index in [9.17, 15) is 8.42 Å². The number of aromatic nitrogens is 2. The molecule has 0 radical (unpaired) electrons. The Morgan fingerprint density at radius 2 is 1.76 bits per heavy atom. The van der Waals surface area contributed by atoms with E-state index in [1.54, 1.807) is 24.3 Å². The van der Waals surface area contributed by atoms with Crippen LogP contribution in [0.2, 0.25) is 0 Å². The van der Waals surface area contributed by atoms with Gasteiger partial charge in [-0.05, 0) is 24.1 Å². The van der Waals surface area contributed by atoms with E-state index >= 15 is 0 Å². The number of benzene rings is 1. The number of sulfonamides is 1. The van der Waals surface area contributed by atoms with Crippen LogP contribution in [0.25, 0.3) is 0 Å². The molecule has 8 nitrogen and oxygen atoms in total. The summed E-state index contributed by atoms with van der Waals surface area (Å²) in [7, 11) is -3.76. The Morgan fingerprint density at radius 1 is 1.14 bits per heavy atom. The van der Waals surface area contributed by atoms with E-state index in [1.165, 1.54) is 0 Å². The lowest BCUT2D eigenvalue weighted by Gasteiger charge is -2.08. The van der Waals surface area contributed by atoms with Crippen molar-refractivity contribution in [2.24, 2.45) is 5.84 Å². The molecular weight excluding hydrogens is 294 g/mol. The van der Waals surface area contributed by atoms with Gasteiger partial charge in [-0.3, -0.25) is 10.1 Å². The molecule has 0 aliphatic heterocycles. The van der Waals surface area contributed by atoms with Crippen molar-refractivity contribution in [3.8, 4) is 0 Å². The monoisotopic (exact) mass is 309 g/mol. The molecule has 0 aliphatic rings. The summed E-state index contributed by atoms with van der Waals surface area (Å²) in [6.07, 6.45) is 2.84. The van der Waals surface area contributed by atoms with E-state index in [0.717, 1.165) is 18.0 Å². The number of hydrazine groups is 1. The molecule has 0 atom stereocenters. The van der Waals surface area contributed by atoms with Crippen molar-refractivity contribution < 1.29 is 13.5 Å². The zero-order chi connectivity index (χ0) is 15.3. The maximum Gasteiger partial charge on any atom is 0.264 e. The molecule has 0 saturated carbocycles. The van der Waals surface area contributed by atoms with Crippen molar-refractivity contribution in [2.75, 3.05) is 16.8 Å². The zero-order valence-corrected chi connectivity index (χ0v) is 11.8. The SMILES string of the molecule is NNc1ncc(S(=O)(=O)Nc2ccc(CCO)cc2)cn1. The fourth-order valence-electron chi connectivity index (χ4n) is 1.61. The van der Waals surface area contributed by atoms with Gasteiger partial charge in [-0.25, -0.2) is 24.2 Å². The third-order valence-electron chi connectivity index (χ3n) is 2.67. The molecule has 0 saturated heterocycles. The van der Waals surface area contributed by atoms with Gasteiger partial charge >= 0.3 is 0 Å². The normalized spacial score (nSPS) is 11.1. The van der Waals surface area contributed by atoms with Crippen LogP contribution >= 0.6 is 0 Å². The zero-order valence-electron chi connectivity index (χ0n) is 11.0. The molecule has 1 aromatic heterocycles. The molecule has 0 aliphatic carbocycles. The van der Waals surface area contributed by atoms with Gasteiger partial charge in [-0.15, -0.1) is 0 Å². The molecule has 5 N–H and O–H groups in total. The van der Waals surface area contributed by atoms with Crippen LogP contribution in [0.15, 0.2) is 41.6 Å². The van der Waals surface area contributed by atoms with Crippen LogP contribution < -0.4 is 16.0 Å². The molecule has 2 rings (SSSR count). The molecule has 2 aromatic rings. The second-order valence-corrected chi connectivity index (χ2v) is 5.85. The Hall–Kier alpha value is -2.23. The summed E-state index contributed by atoms with van der Waals surface area (Å²) < 4.78 is 26.7. The van der Waals surface area contributed by atoms with Crippen LogP contribution in [0.4, 0.5) is 11.6 Å². The van der Waals surface area contributed by atoms with Crippen LogP contribution in [0, 0.1) is 0 Å². The predicted octanol–water partition coefficient (Wildman–Crippen LogP) is 0.0978. The lowest BCUT2D eigenvalue weighted by Crippen LogP contribution is -2.15. The molecule has 0 unspecified atom stereocenters. The molecule has 0 spiro atoms. The average Bonchev–Trinajstić information content (AvgIpc) is 2.49. The smallest absolute Gasteiger partial charge is 0.264 e. The fourth-order valence-corrected chi connectivity index (χ4v) is 2.56. The van der Waals surface area contributed by atoms with E-state index < -0.39 is 10.0 Å². The standard InChI is InChI=1S/C12H15N5O3S/c13-16-12-14-7-11(8-15-12)21(19,20)17-10-3-1-9(2-4-10)5-6-18/h1-4,7-8,17-18H,5-6,13H2,(H,14,15,16). The molecule has 0 bridgehead atoms. The highest BCUT2D eigenvalue weighted by Crippen LogP contribution is 2.16. The Bertz CT molecular complexity index is 686. The first-order valence-corrected chi connectivity index (χ1v) is 7.55. The second kappa shape index (κ2) is 6.48. The first kappa shape index (κ1) is 15.2. The number of aliphatic hydroxyl groups excluding tert-OH is 1. The number of aliphatic hydroxyl groups is 1. The Balaban J connectivity index is 2.16. The van der Waals surface area contributed by atoms with Gasteiger partial charge in [-0.2, -0.15) is 0 Å². The fraction of sp³-hybridized carbons (Fsp3) is 0.167. The predicted molar refractivity (Wildman–Crippen MR) is 77.9 cm³/mol. The third kappa shape index (κ3) is 3.88. The number of hydrogen-bond acceptors (Lipinski definition) is 7. The maximum atomic E-state index is 12.1. The van der Waals surface area contributed by atoms with E-state index in [-0.39, 0.29) is 17.5 Å². The van der Waals surface area contributed by atoms with E-state index in [2.05, 4.69) is 20.1 Å². The van der Waals surface area contributed by atoms with Gasteiger partial charge in [0, 0.05) is 12.3 Å². The summed E-state index contributed by atoms with van der Waals surface area (Å²) in [6.45, 7) is 0.0456. The lowest BCUT2D eigenvalue weighted by atomic mass is 10.1. The van der Waals surface area contributed by atoms with Crippen LogP contribution in [0.1, 0.15) is 5.56 Å². The molecule has 0 fully saturated rings. The Labute approximate surface area is 122 Å². The number of anilines is 2. The van der Waals surface area contributed by atoms with Gasteiger partial charge in [0.1, 0.15) is 4.90 Å². The molecule has 21 heavy (non-hydrogen) atoms. The minimum Gasteiger partial charge on any atom is -0.396 e. The summed E-state index contributed by atoms with van der Waals surface area (Å²) in [6, 6.07) is 6.73. The van der Waals surface area contributed by atoms with Gasteiger partial charge in [0.15, 0.2) is 0 Å². The van der Waals surface area contributed by atoms with Crippen molar-refractivity contribution in [1.82, 2.24) is 9.97 Å². The first-order chi connectivity index (χ1) is 10.0. The first-order valence-electron chi connectivity index (χ1n) is 6.06. The van der Waals surface area contributed by atoms with Crippen molar-refractivity contribution in [3.63, 3.8) is 0 Å². The van der Waals surface area contributed by atoms with Crippen molar-refractivity contribution in [2.45, 2.75) is 11.3 Å². The maximum absolute atomic E-state index is 12.1. The topological polar surface area (TPSA) is 130 Å². The van der Waals surface area contributed by atoms with E-state index in [1.807, 2.05) is 0 Å². The summed E-state index contributed by atoms with van der Waals surface area (Å²) in [5.74, 6) is 5.24. The Morgan fingerprint density at radius 3 is 2.29 bits per heavy atom. The van der Waals surface area contributed by atoms with Gasteiger partial charge in [0.25, 0.3) is 10.0 Å². The van der Waals surface area contributed by atoms with Crippen LogP contribution in [0.5, 0.6) is 0 Å². The van der Waals surface area contributed by atoms with Gasteiger partial charge in [-0.1, -0.05) is 12.1 Å². The highest BCUT2D eigenvalue weighted by atomic mass is 32.2. The number of nitrogen functional groups attached to an aromatic ring is 1. The van der Waals surface area contributed by atoms with Gasteiger partial charge in [0.05, 0.1) is 12.4 Å². The summed E-state index contributed by atoms with van der Waals surface area (Å²) in [5, 5.41) is 8.83. The minimum absolute atomic E-state index is 0.0456. The third-order valence-corrected chi connectivity index (χ3v) is 4.01. The highest BCUT2D eigenvalue weighted by Gasteiger charge is 2.15. The van der Waals surface area contributed by atoms with Gasteiger partial charge in [0.2, 0.25) is 5.95 Å². The Kier molecular flexibility index (Phi) is 4.68. The molecule has 112 valence electrons. The minimum atomic E-state index is -3.76. The summed E-state index contributed by atoms with van der Waals surface area (Å²) >= 11 is 0. The second-order valence-electron chi connectivity index (χ2n) is 4.16. The summed E-state index contributed by atoms with van der Waals surface area (Å²) in [4.78, 5) is 7.43. The number of nitrogens with one attached hydrogen (secondary N) is 2. The average molecular weight is 309 g/mol. The molecular formula is C12H15N5O3S. The lowest BCUT2D eigenvalue weighted by molar-refractivity contribution is 0.299. The highest BCUT2D eigenvalue weighted by molar-refractivity contribution is 7.92. The number of nitrogens with zero attached hydrogens (tertiary/aromatic N) is 2. The molecule has 1 heterocycles. The van der Waals surface area contributed by atoms with Gasteiger partial charge < -0.3 is 5.11 Å². The largest absolute Gasteiger partial charge is 0.396 e. The van der Waals surface area contributed by atoms with Crippen molar-refractivity contribution in [1.29, 1.82) is 0 Å². The van der Waals surface area contributed by atoms with Crippen LogP contribution in [-0.4, -0.2) is 30.1 Å². The van der Waals surface area contributed by atoms with Crippen molar-refractivity contribution in [3.05, 3.63) is 42.2 Å². The van der Waals surface area contributed by atoms with Crippen LogP contribution in [0.3, 0.4) is 0 Å². The quantitative estimate of drug-likeness (QED) is 0.439. The van der Waals surface area contributed by atoms with E-state index in [4.69, 9.17) is 10.9 Å². The van der Waals surface area contributed by atoms with E-state index in [0.29, 0.717) is 12.1 Å². The van der Waals surface area contributed by atoms with Crippen molar-refractivity contribution >= 4 is 21.7 Å².